The molecule has 0 aliphatic heterocycles. The fraction of sp³-hybridized carbons (Fsp3) is 0.900. The standard InChI is InChI=1S/C20H32/c1-6-15-11-16(12(2)3)17-9-13(4)10-18-19(15)8-7-14(5)20(17,18)19/h9,12,14-18H,6-8,10-11H2,1-5H3/t14-,15-,16-,17+,18-,19?,20?/m0/s1. The van der Waals surface area contributed by atoms with Crippen molar-refractivity contribution in [2.24, 2.45) is 46.3 Å². The zero-order valence-electron chi connectivity index (χ0n) is 14.1. The second-order valence-electron chi connectivity index (χ2n) is 8.96. The van der Waals surface area contributed by atoms with Crippen LogP contribution in [0.3, 0.4) is 0 Å². The Kier molecular flexibility index (Phi) is 2.63. The molecule has 4 aliphatic carbocycles. The van der Waals surface area contributed by atoms with E-state index in [0.29, 0.717) is 0 Å². The molecule has 112 valence electrons. The largest absolute Gasteiger partial charge is 0.0816 e. The summed E-state index contributed by atoms with van der Waals surface area (Å²) in [5.41, 5.74) is 3.22. The highest BCUT2D eigenvalue weighted by atomic mass is 14.9. The maximum absolute atomic E-state index is 2.75. The summed E-state index contributed by atoms with van der Waals surface area (Å²) in [5.74, 6) is 5.80. The van der Waals surface area contributed by atoms with Crippen molar-refractivity contribution in [3.05, 3.63) is 11.6 Å². The zero-order chi connectivity index (χ0) is 14.3. The normalized spacial score (nSPS) is 56.3. The third kappa shape index (κ3) is 1.19. The minimum Gasteiger partial charge on any atom is -0.0816 e. The molecule has 7 atom stereocenters. The SMILES string of the molecule is CC[C@H]1C[C@@H](C(C)C)[C@H]2C=C(C)C[C@H]3C14CC[C@H](C)C234. The van der Waals surface area contributed by atoms with Gasteiger partial charge in [-0.05, 0) is 78.9 Å². The van der Waals surface area contributed by atoms with Crippen molar-refractivity contribution in [1.29, 1.82) is 0 Å². The molecule has 3 saturated carbocycles. The number of hydrogen-bond acceptors (Lipinski definition) is 0. The van der Waals surface area contributed by atoms with Crippen LogP contribution in [-0.2, 0) is 0 Å². The first-order valence-electron chi connectivity index (χ1n) is 9.17. The summed E-state index contributed by atoms with van der Waals surface area (Å²) < 4.78 is 0. The van der Waals surface area contributed by atoms with Gasteiger partial charge in [-0.1, -0.05) is 45.8 Å². The van der Waals surface area contributed by atoms with Gasteiger partial charge in [0, 0.05) is 0 Å². The predicted octanol–water partition coefficient (Wildman–Crippen LogP) is 5.69. The molecule has 1 spiro atoms. The number of hydrogen-bond donors (Lipinski definition) is 0. The van der Waals surface area contributed by atoms with Gasteiger partial charge in [0.1, 0.15) is 0 Å². The lowest BCUT2D eigenvalue weighted by atomic mass is 9.57. The summed E-state index contributed by atoms with van der Waals surface area (Å²) in [5, 5.41) is 0. The van der Waals surface area contributed by atoms with Gasteiger partial charge in [-0.15, -0.1) is 0 Å². The van der Waals surface area contributed by atoms with Crippen molar-refractivity contribution in [3.63, 3.8) is 0 Å². The molecule has 0 heteroatoms. The van der Waals surface area contributed by atoms with Crippen molar-refractivity contribution in [2.75, 3.05) is 0 Å². The van der Waals surface area contributed by atoms with Gasteiger partial charge >= 0.3 is 0 Å². The summed E-state index contributed by atoms with van der Waals surface area (Å²) in [6.07, 6.45) is 10.2. The van der Waals surface area contributed by atoms with Gasteiger partial charge < -0.3 is 0 Å². The highest BCUT2D eigenvalue weighted by Crippen LogP contribution is 2.91. The Bertz CT molecular complexity index is 459. The summed E-state index contributed by atoms with van der Waals surface area (Å²) >= 11 is 0. The lowest BCUT2D eigenvalue weighted by Gasteiger charge is -2.47. The molecule has 3 fully saturated rings. The Morgan fingerprint density at radius 2 is 2.10 bits per heavy atom. The molecule has 4 aliphatic rings. The van der Waals surface area contributed by atoms with E-state index in [2.05, 4.69) is 40.7 Å². The minimum absolute atomic E-state index is 0.736. The van der Waals surface area contributed by atoms with Gasteiger partial charge in [0.25, 0.3) is 0 Å². The van der Waals surface area contributed by atoms with E-state index < -0.39 is 0 Å². The van der Waals surface area contributed by atoms with Crippen LogP contribution < -0.4 is 0 Å². The van der Waals surface area contributed by atoms with E-state index in [4.69, 9.17) is 0 Å². The van der Waals surface area contributed by atoms with E-state index >= 15 is 0 Å². The molecule has 0 bridgehead atoms. The van der Waals surface area contributed by atoms with Crippen molar-refractivity contribution in [3.8, 4) is 0 Å². The zero-order valence-corrected chi connectivity index (χ0v) is 14.1. The third-order valence-corrected chi connectivity index (χ3v) is 8.37. The quantitative estimate of drug-likeness (QED) is 0.567. The predicted molar refractivity (Wildman–Crippen MR) is 85.3 cm³/mol. The van der Waals surface area contributed by atoms with Gasteiger partial charge in [-0.3, -0.25) is 0 Å². The van der Waals surface area contributed by atoms with E-state index in [1.165, 1.54) is 25.7 Å². The molecule has 0 saturated heterocycles. The van der Waals surface area contributed by atoms with Crippen LogP contribution in [0, 0.1) is 46.3 Å². The van der Waals surface area contributed by atoms with Crippen LogP contribution in [0.25, 0.3) is 0 Å². The first-order valence-corrected chi connectivity index (χ1v) is 9.17. The second-order valence-corrected chi connectivity index (χ2v) is 8.96. The van der Waals surface area contributed by atoms with Crippen molar-refractivity contribution < 1.29 is 0 Å². The van der Waals surface area contributed by atoms with E-state index in [-0.39, 0.29) is 0 Å². The highest BCUT2D eigenvalue weighted by molar-refractivity contribution is 5.39. The fourth-order valence-corrected chi connectivity index (χ4v) is 7.86. The Hall–Kier alpha value is -0.260. The molecule has 2 unspecified atom stereocenters. The van der Waals surface area contributed by atoms with Crippen LogP contribution in [0.5, 0.6) is 0 Å². The van der Waals surface area contributed by atoms with Crippen molar-refractivity contribution in [2.45, 2.75) is 66.7 Å². The van der Waals surface area contributed by atoms with Gasteiger partial charge in [0.2, 0.25) is 0 Å². The molecule has 0 aromatic heterocycles. The summed E-state index contributed by atoms with van der Waals surface area (Å²) in [6, 6.07) is 0. The van der Waals surface area contributed by atoms with Gasteiger partial charge in [-0.2, -0.15) is 0 Å². The van der Waals surface area contributed by atoms with Gasteiger partial charge in [-0.25, -0.2) is 0 Å². The molecule has 0 N–H and O–H groups in total. The molecule has 0 heterocycles. The van der Waals surface area contributed by atoms with Crippen LogP contribution in [0.15, 0.2) is 11.6 Å². The van der Waals surface area contributed by atoms with E-state index in [1.807, 2.05) is 0 Å². The first kappa shape index (κ1) is 13.4. The maximum Gasteiger partial charge on any atom is -0.0107 e. The molecule has 0 aromatic rings. The van der Waals surface area contributed by atoms with Crippen LogP contribution in [0.4, 0.5) is 0 Å². The first-order chi connectivity index (χ1) is 9.50. The van der Waals surface area contributed by atoms with Gasteiger partial charge in [0.15, 0.2) is 0 Å². The maximum atomic E-state index is 2.75. The molecular weight excluding hydrogens is 240 g/mol. The third-order valence-electron chi connectivity index (χ3n) is 8.37. The van der Waals surface area contributed by atoms with E-state index in [1.54, 1.807) is 12.0 Å². The molecular formula is C20H32. The smallest absolute Gasteiger partial charge is 0.0107 e. The molecule has 0 amide bonds. The lowest BCUT2D eigenvalue weighted by Crippen LogP contribution is -2.41. The Balaban J connectivity index is 1.86. The Morgan fingerprint density at radius 3 is 2.75 bits per heavy atom. The van der Waals surface area contributed by atoms with Crippen LogP contribution in [0.1, 0.15) is 66.7 Å². The molecule has 20 heavy (non-hydrogen) atoms. The van der Waals surface area contributed by atoms with Crippen molar-refractivity contribution in [1.82, 2.24) is 0 Å². The average Bonchev–Trinajstić information content (AvgIpc) is 2.87. The number of allylic oxidation sites excluding steroid dienone is 2. The molecule has 4 rings (SSSR count). The summed E-state index contributed by atoms with van der Waals surface area (Å²) in [7, 11) is 0. The molecule has 0 radical (unpaired) electrons. The van der Waals surface area contributed by atoms with E-state index in [0.717, 1.165) is 46.3 Å². The topological polar surface area (TPSA) is 0 Å². The lowest BCUT2D eigenvalue weighted by molar-refractivity contribution is 0.0372. The molecule has 0 nitrogen and oxygen atoms in total. The summed E-state index contributed by atoms with van der Waals surface area (Å²) in [4.78, 5) is 0. The van der Waals surface area contributed by atoms with Gasteiger partial charge in [0.05, 0.1) is 0 Å². The van der Waals surface area contributed by atoms with Crippen molar-refractivity contribution >= 4 is 0 Å². The number of rotatable bonds is 2. The summed E-state index contributed by atoms with van der Waals surface area (Å²) in [6.45, 7) is 12.4. The molecule has 0 aromatic carbocycles. The highest BCUT2D eigenvalue weighted by Gasteiger charge is 2.85. The van der Waals surface area contributed by atoms with E-state index in [9.17, 15) is 0 Å². The second kappa shape index (κ2) is 3.93. The average molecular weight is 272 g/mol. The monoisotopic (exact) mass is 272 g/mol. The van der Waals surface area contributed by atoms with Crippen LogP contribution in [0.2, 0.25) is 0 Å². The van der Waals surface area contributed by atoms with Crippen LogP contribution >= 0.6 is 0 Å². The minimum atomic E-state index is 0.736. The Morgan fingerprint density at radius 1 is 1.35 bits per heavy atom. The van der Waals surface area contributed by atoms with Crippen LogP contribution in [-0.4, -0.2) is 0 Å². The fourth-order valence-electron chi connectivity index (χ4n) is 7.86. The Labute approximate surface area is 125 Å².